The molecular weight excluding hydrogens is 194 g/mol. The molecule has 0 saturated carbocycles. The Morgan fingerprint density at radius 2 is 1.50 bits per heavy atom. The Bertz CT molecular complexity index is 202. The van der Waals surface area contributed by atoms with Crippen LogP contribution in [0, 0.1) is 5.41 Å². The zero-order valence-corrected chi connectivity index (χ0v) is 12.2. The zero-order chi connectivity index (χ0) is 12.8. The second-order valence-corrected chi connectivity index (χ2v) is 6.84. The Kier molecular flexibility index (Phi) is 6.32. The van der Waals surface area contributed by atoms with Gasteiger partial charge in [0.2, 0.25) is 0 Å². The lowest BCUT2D eigenvalue weighted by atomic mass is 9.84. The molecule has 0 heterocycles. The summed E-state index contributed by atoms with van der Waals surface area (Å²) in [4.78, 5) is 0. The molecule has 0 aliphatic rings. The number of rotatable bonds is 6. The molecule has 0 aliphatic heterocycles. The normalized spacial score (nSPS) is 12.9. The second kappa shape index (κ2) is 6.44. The molecule has 0 aromatic heterocycles. The number of nitrogens with one attached hydrogen (secondary N) is 1. The Morgan fingerprint density at radius 3 is 1.94 bits per heavy atom. The number of allylic oxidation sites excluding steroid dienone is 1. The van der Waals surface area contributed by atoms with Crippen LogP contribution in [0.3, 0.4) is 0 Å². The van der Waals surface area contributed by atoms with Crippen molar-refractivity contribution in [2.45, 2.75) is 72.8 Å². The summed E-state index contributed by atoms with van der Waals surface area (Å²) in [5, 5.41) is 3.52. The first kappa shape index (κ1) is 15.7. The van der Waals surface area contributed by atoms with Crippen LogP contribution in [-0.2, 0) is 0 Å². The van der Waals surface area contributed by atoms with Gasteiger partial charge >= 0.3 is 0 Å². The van der Waals surface area contributed by atoms with Gasteiger partial charge in [-0.3, -0.25) is 0 Å². The molecule has 0 spiro atoms. The van der Waals surface area contributed by atoms with E-state index >= 15 is 0 Å². The van der Waals surface area contributed by atoms with Crippen LogP contribution in [0.5, 0.6) is 0 Å². The number of hydrogen-bond acceptors (Lipinski definition) is 1. The highest BCUT2D eigenvalue weighted by Crippen LogP contribution is 2.27. The molecule has 0 amide bonds. The van der Waals surface area contributed by atoms with E-state index in [2.05, 4.69) is 53.4 Å². The van der Waals surface area contributed by atoms with E-state index in [-0.39, 0.29) is 11.0 Å². The van der Waals surface area contributed by atoms with Gasteiger partial charge in [0, 0.05) is 5.54 Å². The minimum atomic E-state index is 0.259. The van der Waals surface area contributed by atoms with Gasteiger partial charge in [-0.05, 0) is 52.0 Å². The standard InChI is InChI=1S/C15H31N/c1-13(14(2,3)4)11-9-8-10-12-16-15(5,6)7/h16H,1,8-12H2,2-7H3. The molecule has 0 aromatic rings. The van der Waals surface area contributed by atoms with Gasteiger partial charge in [0.15, 0.2) is 0 Å². The molecule has 16 heavy (non-hydrogen) atoms. The van der Waals surface area contributed by atoms with Gasteiger partial charge in [-0.15, -0.1) is 0 Å². The highest BCUT2D eigenvalue weighted by atomic mass is 14.9. The SMILES string of the molecule is C=C(CCCCCNC(C)(C)C)C(C)(C)C. The minimum absolute atomic E-state index is 0.259. The maximum atomic E-state index is 4.17. The zero-order valence-electron chi connectivity index (χ0n) is 12.2. The van der Waals surface area contributed by atoms with E-state index in [0.717, 1.165) is 6.54 Å². The van der Waals surface area contributed by atoms with Crippen LogP contribution >= 0.6 is 0 Å². The Labute approximate surface area is 103 Å². The van der Waals surface area contributed by atoms with Crippen LogP contribution in [0.1, 0.15) is 67.2 Å². The van der Waals surface area contributed by atoms with Crippen molar-refractivity contribution in [2.24, 2.45) is 5.41 Å². The van der Waals surface area contributed by atoms with Gasteiger partial charge in [0.25, 0.3) is 0 Å². The third-order valence-corrected chi connectivity index (χ3v) is 2.87. The Morgan fingerprint density at radius 1 is 0.938 bits per heavy atom. The minimum Gasteiger partial charge on any atom is -0.312 e. The third-order valence-electron chi connectivity index (χ3n) is 2.87. The highest BCUT2D eigenvalue weighted by Gasteiger charge is 2.13. The molecule has 0 rings (SSSR count). The van der Waals surface area contributed by atoms with E-state index in [1.165, 1.54) is 31.3 Å². The quantitative estimate of drug-likeness (QED) is 0.517. The summed E-state index contributed by atoms with van der Waals surface area (Å²) in [6, 6.07) is 0. The largest absolute Gasteiger partial charge is 0.312 e. The summed E-state index contributed by atoms with van der Waals surface area (Å²) < 4.78 is 0. The fourth-order valence-corrected chi connectivity index (χ4v) is 1.48. The summed E-state index contributed by atoms with van der Waals surface area (Å²) in [5.74, 6) is 0. The smallest absolute Gasteiger partial charge is 0.00965 e. The summed E-state index contributed by atoms with van der Waals surface area (Å²) in [6.07, 6.45) is 5.04. The first-order valence-corrected chi connectivity index (χ1v) is 6.56. The van der Waals surface area contributed by atoms with Gasteiger partial charge in [-0.2, -0.15) is 0 Å². The van der Waals surface area contributed by atoms with Crippen LogP contribution in [-0.4, -0.2) is 12.1 Å². The lowest BCUT2D eigenvalue weighted by Crippen LogP contribution is -2.36. The summed E-state index contributed by atoms with van der Waals surface area (Å²) in [5.41, 5.74) is 1.93. The van der Waals surface area contributed by atoms with E-state index in [4.69, 9.17) is 0 Å². The molecule has 0 fully saturated rings. The van der Waals surface area contributed by atoms with Gasteiger partial charge in [-0.1, -0.05) is 39.3 Å². The molecule has 1 heteroatoms. The molecule has 0 atom stereocenters. The van der Waals surface area contributed by atoms with Crippen LogP contribution in [0.2, 0.25) is 0 Å². The van der Waals surface area contributed by atoms with Crippen molar-refractivity contribution >= 4 is 0 Å². The molecule has 0 saturated heterocycles. The molecule has 0 unspecified atom stereocenters. The molecule has 0 aliphatic carbocycles. The van der Waals surface area contributed by atoms with Gasteiger partial charge < -0.3 is 5.32 Å². The fourth-order valence-electron chi connectivity index (χ4n) is 1.48. The van der Waals surface area contributed by atoms with Crippen LogP contribution in [0.15, 0.2) is 12.2 Å². The maximum Gasteiger partial charge on any atom is 0.00965 e. The predicted octanol–water partition coefficient (Wildman–Crippen LogP) is 4.54. The monoisotopic (exact) mass is 225 g/mol. The molecule has 96 valence electrons. The topological polar surface area (TPSA) is 12.0 Å². The van der Waals surface area contributed by atoms with E-state index in [1.807, 2.05) is 0 Å². The Hall–Kier alpha value is -0.300. The van der Waals surface area contributed by atoms with E-state index in [0.29, 0.717) is 0 Å². The summed E-state index contributed by atoms with van der Waals surface area (Å²) in [6.45, 7) is 18.7. The molecule has 1 nitrogen and oxygen atoms in total. The maximum absolute atomic E-state index is 4.17. The van der Waals surface area contributed by atoms with Crippen LogP contribution in [0.4, 0.5) is 0 Å². The molecular formula is C15H31N. The summed E-state index contributed by atoms with van der Waals surface area (Å²) in [7, 11) is 0. The van der Waals surface area contributed by atoms with Crippen molar-refractivity contribution in [1.82, 2.24) is 5.32 Å². The van der Waals surface area contributed by atoms with E-state index in [1.54, 1.807) is 0 Å². The molecule has 0 aromatic carbocycles. The molecule has 0 radical (unpaired) electrons. The van der Waals surface area contributed by atoms with Crippen LogP contribution in [0.25, 0.3) is 0 Å². The van der Waals surface area contributed by atoms with Crippen molar-refractivity contribution in [3.63, 3.8) is 0 Å². The van der Waals surface area contributed by atoms with Gasteiger partial charge in [0.1, 0.15) is 0 Å². The van der Waals surface area contributed by atoms with Crippen molar-refractivity contribution < 1.29 is 0 Å². The predicted molar refractivity (Wildman–Crippen MR) is 74.8 cm³/mol. The van der Waals surface area contributed by atoms with Gasteiger partial charge in [0.05, 0.1) is 0 Å². The van der Waals surface area contributed by atoms with Gasteiger partial charge in [-0.25, -0.2) is 0 Å². The van der Waals surface area contributed by atoms with Crippen molar-refractivity contribution in [3.05, 3.63) is 12.2 Å². The molecule has 0 bridgehead atoms. The van der Waals surface area contributed by atoms with Crippen molar-refractivity contribution in [2.75, 3.05) is 6.54 Å². The molecule has 1 N–H and O–H groups in total. The number of hydrogen-bond donors (Lipinski definition) is 1. The lowest BCUT2D eigenvalue weighted by Gasteiger charge is -2.22. The fraction of sp³-hybridized carbons (Fsp3) is 0.867. The first-order chi connectivity index (χ1) is 7.13. The summed E-state index contributed by atoms with van der Waals surface area (Å²) >= 11 is 0. The average molecular weight is 225 g/mol. The Balaban J connectivity index is 3.45. The van der Waals surface area contributed by atoms with E-state index < -0.39 is 0 Å². The van der Waals surface area contributed by atoms with E-state index in [9.17, 15) is 0 Å². The van der Waals surface area contributed by atoms with Crippen molar-refractivity contribution in [3.8, 4) is 0 Å². The number of unbranched alkanes of at least 4 members (excludes halogenated alkanes) is 2. The second-order valence-electron chi connectivity index (χ2n) is 6.84. The first-order valence-electron chi connectivity index (χ1n) is 6.56. The average Bonchev–Trinajstić information content (AvgIpc) is 2.07. The third kappa shape index (κ3) is 8.96. The van der Waals surface area contributed by atoms with Crippen LogP contribution < -0.4 is 5.32 Å². The van der Waals surface area contributed by atoms with Crippen molar-refractivity contribution in [1.29, 1.82) is 0 Å². The highest BCUT2D eigenvalue weighted by molar-refractivity contribution is 5.04. The lowest BCUT2D eigenvalue weighted by molar-refractivity contribution is 0.414.